The molecule has 8 heavy (non-hydrogen) atoms. The third-order valence-corrected chi connectivity index (χ3v) is 4.00. The smallest absolute Gasteiger partial charge is 0.160 e. The first-order valence-corrected chi connectivity index (χ1v) is 6.12. The molecule has 50 valence electrons. The molecule has 5 heteroatoms. The minimum atomic E-state index is -1.83. The number of hydrogen-bond acceptors (Lipinski definition) is 3. The highest BCUT2D eigenvalue weighted by Gasteiger charge is 2.28. The maximum Gasteiger partial charge on any atom is 0.160 e. The van der Waals surface area contributed by atoms with E-state index in [9.17, 15) is 0 Å². The van der Waals surface area contributed by atoms with Gasteiger partial charge in [0.1, 0.15) is 6.95 Å². The van der Waals surface area contributed by atoms with Crippen molar-refractivity contribution < 1.29 is 15.3 Å². The summed E-state index contributed by atoms with van der Waals surface area (Å²) in [6, 6.07) is 0. The van der Waals surface area contributed by atoms with Gasteiger partial charge in [0.15, 0.2) is 19.0 Å². The highest BCUT2D eigenvalue weighted by atomic mass is 32.1. The van der Waals surface area contributed by atoms with Crippen LogP contribution in [0.1, 0.15) is 0 Å². The Labute approximate surface area is 51.2 Å². The molecule has 0 aliphatic carbocycles. The highest BCUT2D eigenvalue weighted by Crippen LogP contribution is 2.63. The minimum Gasteiger partial charge on any atom is -0.361 e. The predicted octanol–water partition coefficient (Wildman–Crippen LogP) is -0.356. The molecule has 0 spiro atoms. The molecule has 0 bridgehead atoms. The van der Waals surface area contributed by atoms with E-state index in [1.807, 2.05) is 0 Å². The lowest BCUT2D eigenvalue weighted by molar-refractivity contribution is 0.317. The lowest BCUT2D eigenvalue weighted by Gasteiger charge is -2.12. The van der Waals surface area contributed by atoms with Crippen LogP contribution in [0.2, 0.25) is 0 Å². The summed E-state index contributed by atoms with van der Waals surface area (Å²) in [4.78, 5) is 0. The Hall–Kier alpha value is 0.740. The number of aliphatic hydroxyl groups is 3. The zero-order valence-corrected chi connectivity index (χ0v) is 6.54. The fourth-order valence-electron chi connectivity index (χ4n) is 0.134. The van der Waals surface area contributed by atoms with Gasteiger partial charge in [0.05, 0.1) is 0 Å². The number of aliphatic hydroxyl groups excluding tert-OH is 3. The van der Waals surface area contributed by atoms with Crippen LogP contribution >= 0.6 is 15.9 Å². The molecule has 0 amide bonds. The first-order valence-electron chi connectivity index (χ1n) is 2.16. The lowest BCUT2D eigenvalue weighted by atomic mass is 11.6. The van der Waals surface area contributed by atoms with Crippen molar-refractivity contribution in [2.24, 2.45) is 0 Å². The van der Waals surface area contributed by atoms with Crippen LogP contribution < -0.4 is 0 Å². The van der Waals surface area contributed by atoms with Crippen LogP contribution in [0, 0.1) is 0 Å². The van der Waals surface area contributed by atoms with E-state index in [-0.39, 0.29) is 19.0 Å². The largest absolute Gasteiger partial charge is 0.361 e. The molecule has 0 saturated carbocycles. The van der Waals surface area contributed by atoms with Crippen molar-refractivity contribution in [1.82, 2.24) is 0 Å². The van der Waals surface area contributed by atoms with E-state index in [1.54, 1.807) is 0 Å². The molecule has 0 rings (SSSR count). The first-order chi connectivity index (χ1) is 3.68. The van der Waals surface area contributed by atoms with Crippen molar-refractivity contribution in [2.45, 2.75) is 0 Å². The van der Waals surface area contributed by atoms with Crippen LogP contribution in [-0.4, -0.2) is 34.4 Å². The molecule has 0 aromatic carbocycles. The zero-order valence-electron chi connectivity index (χ0n) is 4.49. The molecule has 3 nitrogen and oxygen atoms in total. The summed E-state index contributed by atoms with van der Waals surface area (Å²) < 4.78 is 0. The van der Waals surface area contributed by atoms with E-state index >= 15 is 0 Å². The Kier molecular flexibility index (Phi) is 4.05. The topological polar surface area (TPSA) is 60.7 Å². The van der Waals surface area contributed by atoms with E-state index in [0.717, 1.165) is 0 Å². The van der Waals surface area contributed by atoms with Crippen LogP contribution in [0.4, 0.5) is 0 Å². The van der Waals surface area contributed by atoms with Gasteiger partial charge in [-0.05, 0) is 0 Å². The summed E-state index contributed by atoms with van der Waals surface area (Å²) in [6.45, 7) is -1.83. The Morgan fingerprint density at radius 1 is 1.00 bits per heavy atom. The van der Waals surface area contributed by atoms with Crippen LogP contribution in [0.25, 0.3) is 0 Å². The third kappa shape index (κ3) is 2.34. The first kappa shape index (κ1) is 8.74. The van der Waals surface area contributed by atoms with Gasteiger partial charge in [-0.2, -0.15) is 0 Å². The molecule has 0 aromatic rings. The Balaban J connectivity index is 3.58. The van der Waals surface area contributed by atoms with E-state index in [2.05, 4.69) is 8.93 Å². The fraction of sp³-hybridized carbons (Fsp3) is 1.00. The molecule has 0 radical (unpaired) electrons. The Morgan fingerprint density at radius 2 is 1.25 bits per heavy atom. The van der Waals surface area contributed by atoms with Gasteiger partial charge >= 0.3 is 0 Å². The van der Waals surface area contributed by atoms with Gasteiger partial charge in [-0.15, -0.1) is 0 Å². The maximum atomic E-state index is 8.49. The normalized spacial score (nSPS) is 12.0. The highest BCUT2D eigenvalue weighted by molar-refractivity contribution is 8.24. The van der Waals surface area contributed by atoms with Crippen molar-refractivity contribution in [1.29, 1.82) is 0 Å². The Bertz CT molecular complexity index is 55.3. The van der Waals surface area contributed by atoms with E-state index in [0.29, 0.717) is 0 Å². The number of hydrogen-bond donors (Lipinski definition) is 3. The SMILES string of the molecule is OC[P+](P)(CO)CO. The number of rotatable bonds is 3. The second-order valence-electron chi connectivity index (χ2n) is 1.64. The van der Waals surface area contributed by atoms with E-state index < -0.39 is 6.95 Å². The van der Waals surface area contributed by atoms with E-state index in [4.69, 9.17) is 15.3 Å². The summed E-state index contributed by atoms with van der Waals surface area (Å²) in [5.41, 5.74) is 0. The van der Waals surface area contributed by atoms with Crippen molar-refractivity contribution in [2.75, 3.05) is 19.0 Å². The second-order valence-corrected chi connectivity index (χ2v) is 8.21. The lowest BCUT2D eigenvalue weighted by Crippen LogP contribution is -1.99. The van der Waals surface area contributed by atoms with Crippen LogP contribution in [0.15, 0.2) is 0 Å². The molecule has 0 aromatic heterocycles. The van der Waals surface area contributed by atoms with Crippen molar-refractivity contribution in [3.05, 3.63) is 0 Å². The van der Waals surface area contributed by atoms with Crippen LogP contribution in [0.5, 0.6) is 0 Å². The van der Waals surface area contributed by atoms with Gasteiger partial charge in [0, 0.05) is 8.93 Å². The van der Waals surface area contributed by atoms with Crippen molar-refractivity contribution in [3.63, 3.8) is 0 Å². The molecule has 1 atom stereocenters. The summed E-state index contributed by atoms with van der Waals surface area (Å²) in [7, 11) is 2.31. The second kappa shape index (κ2) is 3.71. The average Bonchev–Trinajstić information content (AvgIpc) is 1.87. The summed E-state index contributed by atoms with van der Waals surface area (Å²) >= 11 is 0. The third-order valence-electron chi connectivity index (χ3n) is 0.845. The molecule has 0 aliphatic heterocycles. The van der Waals surface area contributed by atoms with Gasteiger partial charge in [0.2, 0.25) is 0 Å². The predicted molar refractivity (Wildman–Crippen MR) is 37.9 cm³/mol. The van der Waals surface area contributed by atoms with E-state index in [1.165, 1.54) is 0 Å². The summed E-state index contributed by atoms with van der Waals surface area (Å²) in [5, 5.41) is 25.5. The van der Waals surface area contributed by atoms with Crippen molar-refractivity contribution >= 4 is 15.9 Å². The quantitative estimate of drug-likeness (QED) is 0.490. The zero-order chi connectivity index (χ0) is 6.62. The molecular weight excluding hydrogens is 146 g/mol. The van der Waals surface area contributed by atoms with Gasteiger partial charge < -0.3 is 15.3 Å². The van der Waals surface area contributed by atoms with Crippen LogP contribution in [-0.2, 0) is 0 Å². The monoisotopic (exact) mass is 157 g/mol. The maximum absolute atomic E-state index is 8.49. The molecular formula is C3H11O3P2+. The molecule has 3 N–H and O–H groups in total. The van der Waals surface area contributed by atoms with Gasteiger partial charge in [0.25, 0.3) is 0 Å². The van der Waals surface area contributed by atoms with Gasteiger partial charge in [-0.1, -0.05) is 0 Å². The van der Waals surface area contributed by atoms with Crippen molar-refractivity contribution in [3.8, 4) is 0 Å². The summed E-state index contributed by atoms with van der Waals surface area (Å²) in [6.07, 6.45) is -0.319. The molecule has 0 fully saturated rings. The Morgan fingerprint density at radius 3 is 1.25 bits per heavy atom. The molecule has 0 saturated heterocycles. The molecule has 0 aliphatic rings. The average molecular weight is 157 g/mol. The van der Waals surface area contributed by atoms with Gasteiger partial charge in [-0.3, -0.25) is 0 Å². The van der Waals surface area contributed by atoms with Gasteiger partial charge in [-0.25, -0.2) is 0 Å². The summed E-state index contributed by atoms with van der Waals surface area (Å²) in [5.74, 6) is 0. The standard InChI is InChI=1S/C3H11O3P2/c4-1-8(7,2-5)3-6/h4-6H,1-3,7H2/q+1. The minimum absolute atomic E-state index is 0.106. The van der Waals surface area contributed by atoms with Crippen LogP contribution in [0.3, 0.4) is 0 Å². The molecule has 1 unspecified atom stereocenters. The molecule has 0 heterocycles. The fourth-order valence-corrected chi connectivity index (χ4v) is 0.402.